The molecule has 3 heterocycles. The van der Waals surface area contributed by atoms with Gasteiger partial charge in [0.1, 0.15) is 6.61 Å². The van der Waals surface area contributed by atoms with Gasteiger partial charge in [0, 0.05) is 30.7 Å². The smallest absolute Gasteiger partial charge is 0.248 e. The van der Waals surface area contributed by atoms with Gasteiger partial charge in [-0.3, -0.25) is 9.78 Å². The lowest BCUT2D eigenvalue weighted by Gasteiger charge is -2.46. The first kappa shape index (κ1) is 22.6. The Bertz CT molecular complexity index is 1410. The second-order valence-electron chi connectivity index (χ2n) is 10.0. The Balaban J connectivity index is 1.20. The summed E-state index contributed by atoms with van der Waals surface area (Å²) in [4.78, 5) is 18.9. The lowest BCUT2D eigenvalue weighted by atomic mass is 9.90. The van der Waals surface area contributed by atoms with E-state index in [4.69, 9.17) is 4.74 Å². The first-order valence-electron chi connectivity index (χ1n) is 12.2. The average Bonchev–Trinajstić information content (AvgIpc) is 3.71. The van der Waals surface area contributed by atoms with Crippen molar-refractivity contribution in [1.82, 2.24) is 14.2 Å². The minimum absolute atomic E-state index is 0.0611. The van der Waals surface area contributed by atoms with Crippen LogP contribution >= 0.6 is 0 Å². The Morgan fingerprint density at radius 3 is 2.60 bits per heavy atom. The van der Waals surface area contributed by atoms with Gasteiger partial charge in [0.15, 0.2) is 0 Å². The number of rotatable bonds is 4. The molecule has 0 N–H and O–H groups in total. The monoisotopic (exact) mass is 491 g/mol. The molecule has 3 aromatic rings. The molecule has 0 unspecified atom stereocenters. The summed E-state index contributed by atoms with van der Waals surface area (Å²) in [5.74, 6) is 0.0611. The second kappa shape index (κ2) is 8.40. The predicted octanol–water partition coefficient (Wildman–Crippen LogP) is 3.75. The molecule has 0 bridgehead atoms. The van der Waals surface area contributed by atoms with E-state index in [1.807, 2.05) is 48.2 Å². The number of carbonyl (C=O) groups is 1. The van der Waals surface area contributed by atoms with Gasteiger partial charge in [-0.1, -0.05) is 24.3 Å². The molecule has 1 aromatic heterocycles. The van der Waals surface area contributed by atoms with Crippen LogP contribution in [0.2, 0.25) is 0 Å². The fraction of sp³-hybridized carbons (Fsp3) is 0.407. The van der Waals surface area contributed by atoms with Crippen LogP contribution in [0.15, 0.2) is 59.6 Å². The minimum atomic E-state index is -3.62. The summed E-state index contributed by atoms with van der Waals surface area (Å²) in [6.07, 6.45) is 5.10. The summed E-state index contributed by atoms with van der Waals surface area (Å²) < 4.78 is 34.5. The zero-order valence-corrected chi connectivity index (χ0v) is 20.6. The van der Waals surface area contributed by atoms with E-state index in [1.165, 1.54) is 0 Å². The van der Waals surface area contributed by atoms with Gasteiger partial charge >= 0.3 is 0 Å². The third-order valence-corrected chi connectivity index (χ3v) is 9.55. The molecule has 2 aromatic carbocycles. The standard InChI is InChI=1S/C27H29N3O4S/c1-19-15-23(8-9-24(19)21-5-4-20-3-2-12-28-25(20)16-21)35(32,33)29-13-10-27(11-14-29)18-30(22-6-7-22)26(31)17-34-27/h2-5,8-9,12,15-16,22H,6-7,10-11,13-14,17-18H2,1H3. The van der Waals surface area contributed by atoms with Crippen molar-refractivity contribution in [2.24, 2.45) is 0 Å². The molecule has 7 nitrogen and oxygen atoms in total. The van der Waals surface area contributed by atoms with Crippen molar-refractivity contribution in [2.75, 3.05) is 26.2 Å². The van der Waals surface area contributed by atoms with Crippen LogP contribution in [0.3, 0.4) is 0 Å². The number of fused-ring (bicyclic) bond motifs is 1. The summed E-state index contributed by atoms with van der Waals surface area (Å²) in [5, 5.41) is 1.07. The third kappa shape index (κ3) is 4.13. The number of aryl methyl sites for hydroxylation is 1. The quantitative estimate of drug-likeness (QED) is 0.555. The van der Waals surface area contributed by atoms with Crippen LogP contribution in [-0.2, 0) is 19.6 Å². The van der Waals surface area contributed by atoms with Gasteiger partial charge in [0.05, 0.1) is 22.6 Å². The highest BCUT2D eigenvalue weighted by Gasteiger charge is 2.47. The normalized spacial score (nSPS) is 21.1. The molecule has 6 rings (SSSR count). The minimum Gasteiger partial charge on any atom is -0.363 e. The molecule has 2 saturated heterocycles. The zero-order chi connectivity index (χ0) is 24.2. The molecule has 1 spiro atoms. The molecule has 1 saturated carbocycles. The van der Waals surface area contributed by atoms with E-state index in [9.17, 15) is 13.2 Å². The van der Waals surface area contributed by atoms with Crippen LogP contribution in [-0.4, -0.2) is 66.4 Å². The molecule has 1 aliphatic carbocycles. The summed E-state index contributed by atoms with van der Waals surface area (Å²) in [6.45, 7) is 3.42. The average molecular weight is 492 g/mol. The van der Waals surface area contributed by atoms with Gasteiger partial charge in [0.25, 0.3) is 0 Å². The van der Waals surface area contributed by atoms with Crippen molar-refractivity contribution in [3.8, 4) is 11.1 Å². The Kier molecular flexibility index (Phi) is 5.43. The number of hydrogen-bond donors (Lipinski definition) is 0. The van der Waals surface area contributed by atoms with E-state index < -0.39 is 15.6 Å². The molecule has 0 radical (unpaired) electrons. The van der Waals surface area contributed by atoms with Crippen LogP contribution in [0.25, 0.3) is 22.0 Å². The zero-order valence-electron chi connectivity index (χ0n) is 19.8. The first-order valence-corrected chi connectivity index (χ1v) is 13.7. The van der Waals surface area contributed by atoms with Crippen molar-refractivity contribution in [3.63, 3.8) is 0 Å². The number of ether oxygens (including phenoxy) is 1. The van der Waals surface area contributed by atoms with Crippen LogP contribution in [0.4, 0.5) is 0 Å². The van der Waals surface area contributed by atoms with E-state index in [0.29, 0.717) is 43.4 Å². The van der Waals surface area contributed by atoms with E-state index >= 15 is 0 Å². The maximum absolute atomic E-state index is 13.5. The molecule has 1 amide bonds. The van der Waals surface area contributed by atoms with Crippen molar-refractivity contribution < 1.29 is 17.9 Å². The van der Waals surface area contributed by atoms with Crippen molar-refractivity contribution in [3.05, 3.63) is 60.3 Å². The topological polar surface area (TPSA) is 79.8 Å². The maximum atomic E-state index is 13.5. The summed E-state index contributed by atoms with van der Waals surface area (Å²) >= 11 is 0. The van der Waals surface area contributed by atoms with Gasteiger partial charge < -0.3 is 9.64 Å². The highest BCUT2D eigenvalue weighted by Crippen LogP contribution is 2.37. The largest absolute Gasteiger partial charge is 0.363 e. The van der Waals surface area contributed by atoms with E-state index in [0.717, 1.165) is 40.4 Å². The highest BCUT2D eigenvalue weighted by atomic mass is 32.2. The first-order chi connectivity index (χ1) is 16.8. The highest BCUT2D eigenvalue weighted by molar-refractivity contribution is 7.89. The molecule has 182 valence electrons. The number of amides is 1. The fourth-order valence-corrected chi connectivity index (χ4v) is 6.93. The van der Waals surface area contributed by atoms with Gasteiger partial charge in [-0.2, -0.15) is 4.31 Å². The predicted molar refractivity (Wildman–Crippen MR) is 133 cm³/mol. The lowest BCUT2D eigenvalue weighted by molar-refractivity contribution is -0.170. The number of sulfonamides is 1. The number of morpholine rings is 1. The molecule has 35 heavy (non-hydrogen) atoms. The summed E-state index contributed by atoms with van der Waals surface area (Å²) in [6, 6.07) is 15.8. The van der Waals surface area contributed by atoms with Crippen LogP contribution in [0.5, 0.6) is 0 Å². The SMILES string of the molecule is Cc1cc(S(=O)(=O)N2CCC3(CC2)CN(C2CC2)C(=O)CO3)ccc1-c1ccc2cccnc2c1. The number of pyridine rings is 1. The van der Waals surface area contributed by atoms with Gasteiger partial charge in [-0.25, -0.2) is 8.42 Å². The Morgan fingerprint density at radius 1 is 1.06 bits per heavy atom. The number of benzene rings is 2. The number of piperidine rings is 1. The summed E-state index contributed by atoms with van der Waals surface area (Å²) in [5.41, 5.74) is 3.41. The molecule has 0 atom stereocenters. The second-order valence-corrected chi connectivity index (χ2v) is 12.0. The Hall–Kier alpha value is -2.81. The maximum Gasteiger partial charge on any atom is 0.248 e. The van der Waals surface area contributed by atoms with Crippen LogP contribution < -0.4 is 0 Å². The van der Waals surface area contributed by atoms with E-state index in [-0.39, 0.29) is 12.5 Å². The molecule has 3 aliphatic rings. The van der Waals surface area contributed by atoms with Crippen LogP contribution in [0.1, 0.15) is 31.2 Å². The van der Waals surface area contributed by atoms with Gasteiger partial charge in [-0.05, 0) is 73.6 Å². The summed E-state index contributed by atoms with van der Waals surface area (Å²) in [7, 11) is -3.62. The van der Waals surface area contributed by atoms with Gasteiger partial charge in [-0.15, -0.1) is 0 Å². The number of nitrogens with zero attached hydrogens (tertiary/aromatic N) is 3. The molecular formula is C27H29N3O4S. The molecular weight excluding hydrogens is 462 g/mol. The van der Waals surface area contributed by atoms with Gasteiger partial charge in [0.2, 0.25) is 15.9 Å². The number of aromatic nitrogens is 1. The Labute approximate surface area is 205 Å². The molecule has 8 heteroatoms. The number of hydrogen-bond acceptors (Lipinski definition) is 5. The molecule has 2 aliphatic heterocycles. The molecule has 3 fully saturated rings. The van der Waals surface area contributed by atoms with Crippen molar-refractivity contribution >= 4 is 26.8 Å². The van der Waals surface area contributed by atoms with Crippen molar-refractivity contribution in [1.29, 1.82) is 0 Å². The third-order valence-electron chi connectivity index (χ3n) is 7.65. The van der Waals surface area contributed by atoms with Crippen molar-refractivity contribution in [2.45, 2.75) is 49.1 Å². The fourth-order valence-electron chi connectivity index (χ4n) is 5.40. The lowest BCUT2D eigenvalue weighted by Crippen LogP contribution is -2.59. The number of carbonyl (C=O) groups excluding carboxylic acids is 1. The van der Waals surface area contributed by atoms with E-state index in [1.54, 1.807) is 22.6 Å². The Morgan fingerprint density at radius 2 is 1.86 bits per heavy atom. The van der Waals surface area contributed by atoms with E-state index in [2.05, 4.69) is 4.98 Å². The van der Waals surface area contributed by atoms with Crippen LogP contribution in [0, 0.1) is 6.92 Å².